The Hall–Kier alpha value is -0.880. The molecule has 0 spiro atoms. The average Bonchev–Trinajstić information content (AvgIpc) is 2.31. The van der Waals surface area contributed by atoms with E-state index in [9.17, 15) is 8.60 Å². The SMILES string of the molecule is O=[S@@](C[C@@H]1CCCCN1)c1ncc(F)cn1. The monoisotopic (exact) mass is 243 g/mol. The molecule has 1 aromatic heterocycles. The molecule has 0 saturated carbocycles. The van der Waals surface area contributed by atoms with Gasteiger partial charge < -0.3 is 5.32 Å². The third-order valence-electron chi connectivity index (χ3n) is 2.57. The quantitative estimate of drug-likeness (QED) is 0.800. The van der Waals surface area contributed by atoms with Crippen LogP contribution in [0.2, 0.25) is 0 Å². The number of nitrogens with one attached hydrogen (secondary N) is 1. The Balaban J connectivity index is 1.94. The van der Waals surface area contributed by atoms with Crippen molar-refractivity contribution in [2.24, 2.45) is 0 Å². The van der Waals surface area contributed by atoms with Crippen molar-refractivity contribution in [2.75, 3.05) is 12.3 Å². The van der Waals surface area contributed by atoms with Gasteiger partial charge in [0, 0.05) is 11.8 Å². The molecule has 2 heterocycles. The first-order chi connectivity index (χ1) is 7.75. The molecular weight excluding hydrogens is 229 g/mol. The number of hydrogen-bond acceptors (Lipinski definition) is 4. The first-order valence-electron chi connectivity index (χ1n) is 5.35. The van der Waals surface area contributed by atoms with Crippen molar-refractivity contribution in [1.29, 1.82) is 0 Å². The van der Waals surface area contributed by atoms with Gasteiger partial charge in [-0.3, -0.25) is 4.21 Å². The third-order valence-corrected chi connectivity index (χ3v) is 3.89. The molecule has 0 aliphatic carbocycles. The van der Waals surface area contributed by atoms with E-state index in [4.69, 9.17) is 0 Å². The summed E-state index contributed by atoms with van der Waals surface area (Å²) in [6, 6.07) is 0.267. The van der Waals surface area contributed by atoms with Gasteiger partial charge in [-0.15, -0.1) is 0 Å². The molecule has 4 nitrogen and oxygen atoms in total. The van der Waals surface area contributed by atoms with Crippen LogP contribution >= 0.6 is 0 Å². The molecule has 2 rings (SSSR count). The molecule has 1 N–H and O–H groups in total. The summed E-state index contributed by atoms with van der Waals surface area (Å²) < 4.78 is 24.4. The van der Waals surface area contributed by atoms with Crippen molar-refractivity contribution in [3.63, 3.8) is 0 Å². The second-order valence-electron chi connectivity index (χ2n) is 3.84. The minimum absolute atomic E-state index is 0.216. The Morgan fingerprint density at radius 1 is 1.44 bits per heavy atom. The Kier molecular flexibility index (Phi) is 3.95. The summed E-state index contributed by atoms with van der Waals surface area (Å²) in [7, 11) is -1.24. The van der Waals surface area contributed by atoms with Crippen LogP contribution < -0.4 is 5.32 Å². The fourth-order valence-electron chi connectivity index (χ4n) is 1.74. The molecule has 0 radical (unpaired) electrons. The van der Waals surface area contributed by atoms with E-state index < -0.39 is 16.6 Å². The van der Waals surface area contributed by atoms with E-state index in [0.717, 1.165) is 25.4 Å². The Bertz CT molecular complexity index is 365. The van der Waals surface area contributed by atoms with Gasteiger partial charge in [-0.1, -0.05) is 6.42 Å². The predicted octanol–water partition coefficient (Wildman–Crippen LogP) is 0.865. The van der Waals surface area contributed by atoms with Crippen LogP contribution in [0.25, 0.3) is 0 Å². The molecule has 2 atom stereocenters. The van der Waals surface area contributed by atoms with Crippen molar-refractivity contribution in [3.8, 4) is 0 Å². The van der Waals surface area contributed by atoms with Gasteiger partial charge in [0.1, 0.15) is 0 Å². The minimum Gasteiger partial charge on any atom is -0.313 e. The van der Waals surface area contributed by atoms with Crippen LogP contribution in [0.3, 0.4) is 0 Å². The predicted molar refractivity (Wildman–Crippen MR) is 58.9 cm³/mol. The maximum atomic E-state index is 12.6. The summed E-state index contributed by atoms with van der Waals surface area (Å²) in [6.07, 6.45) is 5.48. The van der Waals surface area contributed by atoms with Crippen molar-refractivity contribution in [2.45, 2.75) is 30.5 Å². The number of hydrogen-bond donors (Lipinski definition) is 1. The average molecular weight is 243 g/mol. The standard InChI is InChI=1S/C10H14FN3OS/c11-8-5-13-10(14-6-8)16(15)7-9-3-1-2-4-12-9/h5-6,9,12H,1-4,7H2/t9-,16-/m0/s1. The van der Waals surface area contributed by atoms with Gasteiger partial charge in [-0.2, -0.15) is 0 Å². The molecule has 1 aliphatic rings. The van der Waals surface area contributed by atoms with E-state index >= 15 is 0 Å². The highest BCUT2D eigenvalue weighted by molar-refractivity contribution is 7.84. The molecule has 1 saturated heterocycles. The molecule has 0 bridgehead atoms. The minimum atomic E-state index is -1.24. The van der Waals surface area contributed by atoms with Crippen molar-refractivity contribution < 1.29 is 8.60 Å². The molecule has 0 unspecified atom stereocenters. The topological polar surface area (TPSA) is 54.9 Å². The second-order valence-corrected chi connectivity index (χ2v) is 5.23. The van der Waals surface area contributed by atoms with E-state index in [1.807, 2.05) is 0 Å². The Morgan fingerprint density at radius 3 is 2.81 bits per heavy atom. The summed E-state index contributed by atoms with van der Waals surface area (Å²) in [6.45, 7) is 0.978. The van der Waals surface area contributed by atoms with E-state index in [2.05, 4.69) is 15.3 Å². The molecule has 0 amide bonds. The summed E-state index contributed by atoms with van der Waals surface area (Å²) >= 11 is 0. The highest BCUT2D eigenvalue weighted by Crippen LogP contribution is 2.10. The van der Waals surface area contributed by atoms with Crippen LogP contribution in [-0.4, -0.2) is 32.5 Å². The van der Waals surface area contributed by atoms with Crippen LogP contribution in [0.15, 0.2) is 17.6 Å². The van der Waals surface area contributed by atoms with Gasteiger partial charge in [0.15, 0.2) is 5.82 Å². The lowest BCUT2D eigenvalue weighted by Crippen LogP contribution is -2.38. The van der Waals surface area contributed by atoms with Crippen LogP contribution in [0.1, 0.15) is 19.3 Å². The van der Waals surface area contributed by atoms with Gasteiger partial charge >= 0.3 is 0 Å². The number of halogens is 1. The number of nitrogens with zero attached hydrogens (tertiary/aromatic N) is 2. The highest BCUT2D eigenvalue weighted by Gasteiger charge is 2.17. The van der Waals surface area contributed by atoms with Gasteiger partial charge in [0.2, 0.25) is 5.16 Å². The van der Waals surface area contributed by atoms with Crippen molar-refractivity contribution >= 4 is 10.8 Å². The first kappa shape index (κ1) is 11.6. The molecule has 16 heavy (non-hydrogen) atoms. The number of piperidine rings is 1. The van der Waals surface area contributed by atoms with Gasteiger partial charge in [-0.25, -0.2) is 14.4 Å². The summed E-state index contributed by atoms with van der Waals surface area (Å²) in [5.74, 6) is 0.00239. The highest BCUT2D eigenvalue weighted by atomic mass is 32.2. The summed E-state index contributed by atoms with van der Waals surface area (Å²) in [5, 5.41) is 3.52. The lowest BCUT2D eigenvalue weighted by Gasteiger charge is -2.22. The van der Waals surface area contributed by atoms with E-state index in [1.54, 1.807) is 0 Å². The summed E-state index contributed by atoms with van der Waals surface area (Å²) in [4.78, 5) is 7.46. The zero-order chi connectivity index (χ0) is 11.4. The van der Waals surface area contributed by atoms with Crippen LogP contribution in [0, 0.1) is 5.82 Å². The third kappa shape index (κ3) is 3.05. The van der Waals surface area contributed by atoms with Crippen molar-refractivity contribution in [1.82, 2.24) is 15.3 Å². The van der Waals surface area contributed by atoms with Gasteiger partial charge in [0.25, 0.3) is 0 Å². The molecule has 0 aromatic carbocycles. The molecule has 6 heteroatoms. The van der Waals surface area contributed by atoms with E-state index in [-0.39, 0.29) is 11.2 Å². The van der Waals surface area contributed by atoms with Gasteiger partial charge in [0.05, 0.1) is 23.2 Å². The van der Waals surface area contributed by atoms with Crippen molar-refractivity contribution in [3.05, 3.63) is 18.2 Å². The van der Waals surface area contributed by atoms with Crippen LogP contribution in [-0.2, 0) is 10.8 Å². The number of rotatable bonds is 3. The summed E-state index contributed by atoms with van der Waals surface area (Å²) in [5.41, 5.74) is 0. The zero-order valence-electron chi connectivity index (χ0n) is 8.86. The maximum absolute atomic E-state index is 12.6. The van der Waals surface area contributed by atoms with E-state index in [0.29, 0.717) is 5.75 Å². The maximum Gasteiger partial charge on any atom is 0.218 e. The second kappa shape index (κ2) is 5.45. The molecule has 1 aliphatic heterocycles. The Morgan fingerprint density at radius 2 is 2.19 bits per heavy atom. The van der Waals surface area contributed by atoms with E-state index in [1.165, 1.54) is 12.8 Å². The lowest BCUT2D eigenvalue weighted by molar-refractivity contribution is 0.427. The first-order valence-corrected chi connectivity index (χ1v) is 6.67. The normalized spacial score (nSPS) is 22.9. The largest absolute Gasteiger partial charge is 0.313 e. The molecule has 88 valence electrons. The van der Waals surface area contributed by atoms with Crippen LogP contribution in [0.5, 0.6) is 0 Å². The van der Waals surface area contributed by atoms with Gasteiger partial charge in [-0.05, 0) is 19.4 Å². The zero-order valence-corrected chi connectivity index (χ0v) is 9.67. The fourth-order valence-corrected chi connectivity index (χ4v) is 2.88. The molecule has 1 aromatic rings. The van der Waals surface area contributed by atoms with Crippen LogP contribution in [0.4, 0.5) is 4.39 Å². The Labute approximate surface area is 96.1 Å². The fraction of sp³-hybridized carbons (Fsp3) is 0.600. The smallest absolute Gasteiger partial charge is 0.218 e. The number of aromatic nitrogens is 2. The molecular formula is C10H14FN3OS. The molecule has 1 fully saturated rings. The lowest BCUT2D eigenvalue weighted by atomic mass is 10.1.